The first-order valence-corrected chi connectivity index (χ1v) is 11.8. The monoisotopic (exact) mass is 517 g/mol. The highest BCUT2D eigenvalue weighted by atomic mass is 16.5. The van der Waals surface area contributed by atoms with Crippen LogP contribution in [0, 0.1) is 0 Å². The fraction of sp³-hybridized carbons (Fsp3) is 0.179. The molecule has 10 nitrogen and oxygen atoms in total. The molecule has 1 heterocycles. The molecule has 0 radical (unpaired) electrons. The molecular weight excluding hydrogens is 486 g/mol. The third-order valence-electron chi connectivity index (χ3n) is 5.31. The molecule has 0 unspecified atom stereocenters. The average Bonchev–Trinajstić information content (AvgIpc) is 3.21. The van der Waals surface area contributed by atoms with Crippen molar-refractivity contribution in [3.05, 3.63) is 84.6 Å². The molecule has 3 aromatic carbocycles. The molecule has 1 aliphatic rings. The van der Waals surface area contributed by atoms with E-state index in [2.05, 4.69) is 15.7 Å². The Bertz CT molecular complexity index is 1320. The molecule has 4 N–H and O–H groups in total. The number of nitrogens with one attached hydrogen (secondary N) is 2. The van der Waals surface area contributed by atoms with Crippen molar-refractivity contribution in [3.63, 3.8) is 0 Å². The van der Waals surface area contributed by atoms with Gasteiger partial charge in [0.1, 0.15) is 11.5 Å². The number of para-hydroxylation sites is 4. The lowest BCUT2D eigenvalue weighted by atomic mass is 10.2. The van der Waals surface area contributed by atoms with Gasteiger partial charge in [-0.05, 0) is 62.4 Å². The van der Waals surface area contributed by atoms with E-state index < -0.39 is 6.09 Å². The summed E-state index contributed by atoms with van der Waals surface area (Å²) in [5, 5.41) is 11.4. The maximum Gasteiger partial charge on any atom is 0.411 e. The Hall–Kier alpha value is -4.99. The van der Waals surface area contributed by atoms with Gasteiger partial charge in [0.25, 0.3) is 5.91 Å². The number of methoxy groups -OCH3 is 2. The van der Waals surface area contributed by atoms with Gasteiger partial charge in [0.2, 0.25) is 0 Å². The fourth-order valence-electron chi connectivity index (χ4n) is 3.41. The van der Waals surface area contributed by atoms with Gasteiger partial charge in [0.05, 0.1) is 49.2 Å². The molecule has 0 spiro atoms. The van der Waals surface area contributed by atoms with Crippen molar-refractivity contribution < 1.29 is 23.8 Å². The van der Waals surface area contributed by atoms with E-state index in [1.54, 1.807) is 64.6 Å². The summed E-state index contributed by atoms with van der Waals surface area (Å²) in [5.41, 5.74) is 9.12. The van der Waals surface area contributed by atoms with E-state index in [-0.39, 0.29) is 12.5 Å². The Morgan fingerprint density at radius 3 is 2.21 bits per heavy atom. The van der Waals surface area contributed by atoms with Crippen molar-refractivity contribution >= 4 is 40.5 Å². The summed E-state index contributed by atoms with van der Waals surface area (Å²) in [5.74, 6) is 1.15. The SMILES string of the molecule is CCOC(=O)Nc1ccc(N2N=C(C)C(=CNc3ccccc3OC)C2=O)cc1.COc1ccccc1N. The third kappa shape index (κ3) is 7.03. The maximum atomic E-state index is 12.8. The van der Waals surface area contributed by atoms with E-state index in [0.29, 0.717) is 34.1 Å². The molecule has 4 rings (SSSR count). The Balaban J connectivity index is 0.000000375. The molecule has 198 valence electrons. The first-order valence-electron chi connectivity index (χ1n) is 11.8. The van der Waals surface area contributed by atoms with Crippen LogP contribution in [-0.4, -0.2) is 38.5 Å². The lowest BCUT2D eigenvalue weighted by Gasteiger charge is -2.13. The summed E-state index contributed by atoms with van der Waals surface area (Å²) in [4.78, 5) is 24.3. The highest BCUT2D eigenvalue weighted by Gasteiger charge is 2.28. The second-order valence-corrected chi connectivity index (χ2v) is 7.84. The van der Waals surface area contributed by atoms with Gasteiger partial charge >= 0.3 is 6.09 Å². The van der Waals surface area contributed by atoms with Crippen molar-refractivity contribution in [3.8, 4) is 11.5 Å². The van der Waals surface area contributed by atoms with E-state index >= 15 is 0 Å². The molecule has 0 bridgehead atoms. The second-order valence-electron chi connectivity index (χ2n) is 7.84. The molecule has 3 aromatic rings. The van der Waals surface area contributed by atoms with Gasteiger partial charge in [-0.15, -0.1) is 0 Å². The first-order chi connectivity index (χ1) is 18.4. The van der Waals surface area contributed by atoms with Crippen molar-refractivity contribution in [2.24, 2.45) is 5.10 Å². The van der Waals surface area contributed by atoms with Crippen LogP contribution < -0.4 is 30.8 Å². The predicted molar refractivity (Wildman–Crippen MR) is 150 cm³/mol. The zero-order valence-corrected chi connectivity index (χ0v) is 21.7. The molecule has 0 atom stereocenters. The van der Waals surface area contributed by atoms with Crippen molar-refractivity contribution in [1.29, 1.82) is 0 Å². The highest BCUT2D eigenvalue weighted by molar-refractivity contribution is 6.29. The summed E-state index contributed by atoms with van der Waals surface area (Å²) in [7, 11) is 3.19. The number of nitrogen functional groups attached to an aromatic ring is 1. The number of hydrazone groups is 1. The van der Waals surface area contributed by atoms with E-state index in [0.717, 1.165) is 11.4 Å². The number of rotatable bonds is 7. The smallest absolute Gasteiger partial charge is 0.411 e. The molecule has 10 heteroatoms. The molecule has 0 aliphatic carbocycles. The first kappa shape index (κ1) is 27.6. The molecule has 0 saturated heterocycles. The van der Waals surface area contributed by atoms with Crippen LogP contribution >= 0.6 is 0 Å². The molecule has 0 aromatic heterocycles. The standard InChI is InChI=1S/C21H22N4O4.C7H9NO/c1-4-29-21(27)23-15-9-11-16(12-10-15)25-20(26)17(14(2)24-25)13-22-18-7-5-6-8-19(18)28-3;1-9-7-5-3-2-4-6(7)8/h5-13,22H,4H2,1-3H3,(H,23,27);2-5H,8H2,1H3. The average molecular weight is 518 g/mol. The van der Waals surface area contributed by atoms with Crippen LogP contribution in [0.2, 0.25) is 0 Å². The van der Waals surface area contributed by atoms with E-state index in [9.17, 15) is 9.59 Å². The van der Waals surface area contributed by atoms with Crippen LogP contribution in [0.15, 0.2) is 89.7 Å². The summed E-state index contributed by atoms with van der Waals surface area (Å²) < 4.78 is 15.1. The Morgan fingerprint density at radius 1 is 0.974 bits per heavy atom. The summed E-state index contributed by atoms with van der Waals surface area (Å²) in [6.07, 6.45) is 1.09. The molecular formula is C28H31N5O5. The van der Waals surface area contributed by atoms with Crippen LogP contribution in [0.3, 0.4) is 0 Å². The summed E-state index contributed by atoms with van der Waals surface area (Å²) in [6, 6.07) is 21.6. The van der Waals surface area contributed by atoms with E-state index in [1.165, 1.54) is 5.01 Å². The lowest BCUT2D eigenvalue weighted by Crippen LogP contribution is -2.22. The number of nitrogens with two attached hydrogens (primary N) is 1. The van der Waals surface area contributed by atoms with E-state index in [4.69, 9.17) is 19.9 Å². The number of hydrogen-bond donors (Lipinski definition) is 3. The van der Waals surface area contributed by atoms with Gasteiger partial charge in [-0.2, -0.15) is 10.1 Å². The number of ether oxygens (including phenoxy) is 3. The van der Waals surface area contributed by atoms with Gasteiger partial charge < -0.3 is 25.3 Å². The van der Waals surface area contributed by atoms with Crippen LogP contribution in [0.25, 0.3) is 0 Å². The minimum Gasteiger partial charge on any atom is -0.495 e. The quantitative estimate of drug-likeness (QED) is 0.288. The number of carbonyl (C=O) groups excluding carboxylic acids is 2. The van der Waals surface area contributed by atoms with Crippen LogP contribution in [0.4, 0.5) is 27.5 Å². The van der Waals surface area contributed by atoms with Gasteiger partial charge in [-0.1, -0.05) is 24.3 Å². The highest BCUT2D eigenvalue weighted by Crippen LogP contribution is 2.27. The van der Waals surface area contributed by atoms with Crippen molar-refractivity contribution in [1.82, 2.24) is 0 Å². The molecule has 0 saturated carbocycles. The maximum absolute atomic E-state index is 12.8. The number of carbonyl (C=O) groups is 2. The van der Waals surface area contributed by atoms with Gasteiger partial charge in [0, 0.05) is 11.9 Å². The number of nitrogens with zero attached hydrogens (tertiary/aromatic N) is 2. The molecule has 1 aliphatic heterocycles. The number of amides is 2. The topological polar surface area (TPSA) is 128 Å². The zero-order chi connectivity index (χ0) is 27.5. The van der Waals surface area contributed by atoms with Gasteiger partial charge in [0.15, 0.2) is 0 Å². The Morgan fingerprint density at radius 2 is 1.61 bits per heavy atom. The fourth-order valence-corrected chi connectivity index (χ4v) is 3.41. The second kappa shape index (κ2) is 13.4. The third-order valence-corrected chi connectivity index (χ3v) is 5.31. The molecule has 38 heavy (non-hydrogen) atoms. The normalized spacial score (nSPS) is 13.3. The minimum atomic E-state index is -0.529. The number of anilines is 4. The predicted octanol–water partition coefficient (Wildman–Crippen LogP) is 5.26. The number of hydrogen-bond acceptors (Lipinski definition) is 8. The zero-order valence-electron chi connectivity index (χ0n) is 21.7. The van der Waals surface area contributed by atoms with Crippen molar-refractivity contribution in [2.75, 3.05) is 42.2 Å². The Labute approximate surface area is 221 Å². The summed E-state index contributed by atoms with van der Waals surface area (Å²) in [6.45, 7) is 3.79. The molecule has 2 amide bonds. The van der Waals surface area contributed by atoms with Gasteiger partial charge in [-0.25, -0.2) is 4.79 Å². The minimum absolute atomic E-state index is 0.254. The lowest BCUT2D eigenvalue weighted by molar-refractivity contribution is -0.114. The number of benzene rings is 3. The van der Waals surface area contributed by atoms with Crippen molar-refractivity contribution in [2.45, 2.75) is 13.8 Å². The van der Waals surface area contributed by atoms with E-state index in [1.807, 2.05) is 42.5 Å². The van der Waals surface area contributed by atoms with Crippen LogP contribution in [-0.2, 0) is 9.53 Å². The largest absolute Gasteiger partial charge is 0.495 e. The summed E-state index contributed by atoms with van der Waals surface area (Å²) >= 11 is 0. The van der Waals surface area contributed by atoms with Crippen LogP contribution in [0.5, 0.6) is 11.5 Å². The van der Waals surface area contributed by atoms with Gasteiger partial charge in [-0.3, -0.25) is 10.1 Å². The molecule has 0 fully saturated rings. The van der Waals surface area contributed by atoms with Crippen LogP contribution in [0.1, 0.15) is 13.8 Å². The Kier molecular flexibility index (Phi) is 9.70.